The Morgan fingerprint density at radius 2 is 1.75 bits per heavy atom. The highest BCUT2D eigenvalue weighted by atomic mass is 16.1. The number of nitriles is 1. The zero-order valence-electron chi connectivity index (χ0n) is 13.4. The number of hydrogen-bond donors (Lipinski definition) is 1. The number of amides is 1. The van der Waals surface area contributed by atoms with Crippen LogP contribution < -0.4 is 5.32 Å². The smallest absolute Gasteiger partial charge is 0.256 e. The zero-order chi connectivity index (χ0) is 17.1. The summed E-state index contributed by atoms with van der Waals surface area (Å²) in [4.78, 5) is 12.4. The van der Waals surface area contributed by atoms with Crippen molar-refractivity contribution in [1.29, 1.82) is 5.26 Å². The molecule has 2 aromatic carbocycles. The highest BCUT2D eigenvalue weighted by Gasteiger charge is 2.12. The number of carbonyl (C=O) groups excluding carboxylic acids is 1. The van der Waals surface area contributed by atoms with Gasteiger partial charge in [-0.1, -0.05) is 17.7 Å². The Labute approximate surface area is 140 Å². The summed E-state index contributed by atoms with van der Waals surface area (Å²) < 4.78 is 1.70. The van der Waals surface area contributed by atoms with Gasteiger partial charge in [-0.3, -0.25) is 4.79 Å². The van der Waals surface area contributed by atoms with Gasteiger partial charge in [0.1, 0.15) is 5.82 Å². The highest BCUT2D eigenvalue weighted by Crippen LogP contribution is 2.18. The van der Waals surface area contributed by atoms with E-state index in [0.29, 0.717) is 16.9 Å². The van der Waals surface area contributed by atoms with E-state index in [0.717, 1.165) is 16.9 Å². The molecule has 0 bridgehead atoms. The Morgan fingerprint density at radius 1 is 1.08 bits per heavy atom. The molecule has 118 valence electrons. The van der Waals surface area contributed by atoms with Crippen LogP contribution in [0.4, 0.5) is 5.82 Å². The number of aryl methyl sites for hydroxylation is 2. The molecular weight excluding hydrogens is 300 g/mol. The van der Waals surface area contributed by atoms with Crippen LogP contribution in [0.2, 0.25) is 0 Å². The summed E-state index contributed by atoms with van der Waals surface area (Å²) in [5, 5.41) is 16.1. The van der Waals surface area contributed by atoms with Crippen molar-refractivity contribution in [3.05, 3.63) is 77.0 Å². The molecule has 0 aliphatic carbocycles. The van der Waals surface area contributed by atoms with Crippen molar-refractivity contribution < 1.29 is 4.79 Å². The van der Waals surface area contributed by atoms with Gasteiger partial charge in [-0.05, 0) is 50.2 Å². The Morgan fingerprint density at radius 3 is 2.38 bits per heavy atom. The van der Waals surface area contributed by atoms with Crippen molar-refractivity contribution in [2.75, 3.05) is 5.32 Å². The van der Waals surface area contributed by atoms with Crippen molar-refractivity contribution in [2.24, 2.45) is 0 Å². The van der Waals surface area contributed by atoms with E-state index in [-0.39, 0.29) is 5.91 Å². The maximum Gasteiger partial charge on any atom is 0.256 e. The van der Waals surface area contributed by atoms with E-state index >= 15 is 0 Å². The quantitative estimate of drug-likeness (QED) is 0.802. The van der Waals surface area contributed by atoms with Gasteiger partial charge in [0.25, 0.3) is 5.91 Å². The largest absolute Gasteiger partial charge is 0.306 e. The van der Waals surface area contributed by atoms with Gasteiger partial charge in [-0.15, -0.1) is 0 Å². The molecule has 5 nitrogen and oxygen atoms in total. The zero-order valence-corrected chi connectivity index (χ0v) is 13.4. The van der Waals surface area contributed by atoms with Gasteiger partial charge in [0, 0.05) is 11.6 Å². The fourth-order valence-electron chi connectivity index (χ4n) is 2.36. The number of rotatable bonds is 3. The van der Waals surface area contributed by atoms with Crippen molar-refractivity contribution in [2.45, 2.75) is 13.8 Å². The Kier molecular flexibility index (Phi) is 4.13. The molecule has 3 aromatic rings. The molecular formula is C19H16N4O. The summed E-state index contributed by atoms with van der Waals surface area (Å²) in [5.41, 5.74) is 3.86. The molecule has 0 radical (unpaired) electrons. The highest BCUT2D eigenvalue weighted by molar-refractivity contribution is 6.04. The first-order valence-corrected chi connectivity index (χ1v) is 7.52. The number of aromatic nitrogens is 2. The van der Waals surface area contributed by atoms with Crippen molar-refractivity contribution in [3.8, 4) is 11.8 Å². The molecule has 1 aromatic heterocycles. The first-order valence-electron chi connectivity index (χ1n) is 7.52. The lowest BCUT2D eigenvalue weighted by molar-refractivity contribution is 0.102. The van der Waals surface area contributed by atoms with E-state index in [1.54, 1.807) is 28.9 Å². The fourth-order valence-corrected chi connectivity index (χ4v) is 2.36. The average Bonchev–Trinajstić information content (AvgIpc) is 2.96. The lowest BCUT2D eigenvalue weighted by Crippen LogP contribution is -2.15. The first-order chi connectivity index (χ1) is 11.6. The Balaban J connectivity index is 1.88. The van der Waals surface area contributed by atoms with Crippen LogP contribution >= 0.6 is 0 Å². The van der Waals surface area contributed by atoms with Crippen LogP contribution in [0, 0.1) is 25.2 Å². The second kappa shape index (κ2) is 6.39. The number of carbonyl (C=O) groups is 1. The van der Waals surface area contributed by atoms with Gasteiger partial charge in [-0.2, -0.15) is 10.4 Å². The van der Waals surface area contributed by atoms with E-state index in [9.17, 15) is 4.79 Å². The summed E-state index contributed by atoms with van der Waals surface area (Å²) in [6.07, 6.45) is 0. The summed E-state index contributed by atoms with van der Waals surface area (Å²) in [5.74, 6) is 0.360. The number of nitrogens with zero attached hydrogens (tertiary/aromatic N) is 3. The molecule has 1 N–H and O–H groups in total. The predicted molar refractivity (Wildman–Crippen MR) is 92.1 cm³/mol. The van der Waals surface area contributed by atoms with Crippen LogP contribution in [0.15, 0.2) is 54.6 Å². The topological polar surface area (TPSA) is 70.7 Å². The van der Waals surface area contributed by atoms with Crippen LogP contribution in [-0.4, -0.2) is 15.7 Å². The van der Waals surface area contributed by atoms with E-state index in [1.165, 1.54) is 0 Å². The minimum absolute atomic E-state index is 0.243. The van der Waals surface area contributed by atoms with Gasteiger partial charge in [-0.25, -0.2) is 4.68 Å². The number of nitrogens with one attached hydrogen (secondary N) is 1. The predicted octanol–water partition coefficient (Wildman–Crippen LogP) is 3.61. The normalized spacial score (nSPS) is 10.2. The molecule has 0 aliphatic heterocycles. The van der Waals surface area contributed by atoms with E-state index < -0.39 is 0 Å². The summed E-state index contributed by atoms with van der Waals surface area (Å²) in [7, 11) is 0. The maximum absolute atomic E-state index is 12.4. The lowest BCUT2D eigenvalue weighted by atomic mass is 10.1. The van der Waals surface area contributed by atoms with Gasteiger partial charge < -0.3 is 5.32 Å². The van der Waals surface area contributed by atoms with Gasteiger partial charge >= 0.3 is 0 Å². The molecule has 0 unspecified atom stereocenters. The van der Waals surface area contributed by atoms with E-state index in [4.69, 9.17) is 5.26 Å². The minimum Gasteiger partial charge on any atom is -0.306 e. The van der Waals surface area contributed by atoms with Gasteiger partial charge in [0.05, 0.1) is 23.0 Å². The van der Waals surface area contributed by atoms with Gasteiger partial charge in [0.2, 0.25) is 0 Å². The third-order valence-corrected chi connectivity index (χ3v) is 3.63. The molecule has 24 heavy (non-hydrogen) atoms. The average molecular weight is 316 g/mol. The van der Waals surface area contributed by atoms with E-state index in [2.05, 4.69) is 10.4 Å². The standard InChI is InChI=1S/C19H16N4O/c1-13-3-9-17(10-4-13)23-18(11-14(2)22-23)21-19(24)16-7-5-15(12-20)6-8-16/h3-11H,1-2H3,(H,21,24). The Hall–Kier alpha value is -3.39. The lowest BCUT2D eigenvalue weighted by Gasteiger charge is -2.09. The van der Waals surface area contributed by atoms with E-state index in [1.807, 2.05) is 50.2 Å². The third kappa shape index (κ3) is 3.18. The molecule has 0 fully saturated rings. The first kappa shape index (κ1) is 15.5. The molecule has 0 spiro atoms. The molecule has 5 heteroatoms. The summed E-state index contributed by atoms with van der Waals surface area (Å²) in [6, 6.07) is 18.3. The number of benzene rings is 2. The van der Waals surface area contributed by atoms with Crippen molar-refractivity contribution >= 4 is 11.7 Å². The van der Waals surface area contributed by atoms with Crippen LogP contribution in [0.25, 0.3) is 5.69 Å². The summed E-state index contributed by atoms with van der Waals surface area (Å²) in [6.45, 7) is 3.90. The van der Waals surface area contributed by atoms with Gasteiger partial charge in [0.15, 0.2) is 0 Å². The van der Waals surface area contributed by atoms with Crippen LogP contribution in [0.3, 0.4) is 0 Å². The second-order valence-corrected chi connectivity index (χ2v) is 5.56. The molecule has 0 saturated carbocycles. The SMILES string of the molecule is Cc1ccc(-n2nc(C)cc2NC(=O)c2ccc(C#N)cc2)cc1. The minimum atomic E-state index is -0.243. The monoisotopic (exact) mass is 316 g/mol. The second-order valence-electron chi connectivity index (χ2n) is 5.56. The maximum atomic E-state index is 12.4. The van der Waals surface area contributed by atoms with Crippen LogP contribution in [0.1, 0.15) is 27.2 Å². The molecule has 1 amide bonds. The molecule has 0 atom stereocenters. The van der Waals surface area contributed by atoms with Crippen LogP contribution in [0.5, 0.6) is 0 Å². The summed E-state index contributed by atoms with van der Waals surface area (Å²) >= 11 is 0. The van der Waals surface area contributed by atoms with Crippen molar-refractivity contribution in [1.82, 2.24) is 9.78 Å². The fraction of sp³-hybridized carbons (Fsp3) is 0.105. The van der Waals surface area contributed by atoms with Crippen LogP contribution in [-0.2, 0) is 0 Å². The molecule has 0 aliphatic rings. The Bertz CT molecular complexity index is 915. The van der Waals surface area contributed by atoms with Crippen molar-refractivity contribution in [3.63, 3.8) is 0 Å². The molecule has 3 rings (SSSR count). The molecule has 0 saturated heterocycles. The number of anilines is 1. The number of hydrogen-bond acceptors (Lipinski definition) is 3. The molecule has 1 heterocycles. The third-order valence-electron chi connectivity index (χ3n) is 3.63.